The molecule has 3 heteroatoms. The van der Waals surface area contributed by atoms with Gasteiger partial charge in [0, 0.05) is 11.5 Å². The summed E-state index contributed by atoms with van der Waals surface area (Å²) >= 11 is 13.9. The Kier molecular flexibility index (Phi) is 3.44. The Balaban J connectivity index is 1.76. The van der Waals surface area contributed by atoms with E-state index in [0.717, 1.165) is 16.9 Å². The monoisotopic (exact) mass is 380 g/mol. The highest BCUT2D eigenvalue weighted by molar-refractivity contribution is 6.52. The van der Waals surface area contributed by atoms with E-state index in [1.165, 1.54) is 11.1 Å². The van der Waals surface area contributed by atoms with Crippen molar-refractivity contribution in [3.05, 3.63) is 101 Å². The zero-order valence-corrected chi connectivity index (χ0v) is 15.8. The molecular formula is C23H18Cl2O. The molecule has 2 aliphatic rings. The number of rotatable bonds is 2. The molecule has 0 N–H and O–H groups in total. The number of alkyl halides is 2. The quantitative estimate of drug-likeness (QED) is 0.479. The number of ether oxygens (including phenoxy) is 1. The molecule has 1 aliphatic heterocycles. The van der Waals surface area contributed by atoms with Crippen LogP contribution >= 0.6 is 23.2 Å². The molecule has 3 aromatic carbocycles. The molecule has 0 saturated heterocycles. The predicted octanol–water partition coefficient (Wildman–Crippen LogP) is 6.22. The van der Waals surface area contributed by atoms with Gasteiger partial charge in [0.2, 0.25) is 0 Å². The van der Waals surface area contributed by atoms with Crippen molar-refractivity contribution in [3.63, 3.8) is 0 Å². The van der Waals surface area contributed by atoms with Gasteiger partial charge < -0.3 is 4.74 Å². The predicted molar refractivity (Wildman–Crippen MR) is 106 cm³/mol. The second-order valence-corrected chi connectivity index (χ2v) is 8.56. The highest BCUT2D eigenvalue weighted by Crippen LogP contribution is 2.77. The lowest BCUT2D eigenvalue weighted by Crippen LogP contribution is -2.29. The Morgan fingerprint density at radius 1 is 0.769 bits per heavy atom. The molecule has 0 unspecified atom stereocenters. The van der Waals surface area contributed by atoms with E-state index < -0.39 is 9.93 Å². The number of halogens is 2. The van der Waals surface area contributed by atoms with E-state index in [9.17, 15) is 0 Å². The van der Waals surface area contributed by atoms with Gasteiger partial charge in [-0.15, -0.1) is 0 Å². The van der Waals surface area contributed by atoms with Gasteiger partial charge in [0.1, 0.15) is 5.75 Å². The Morgan fingerprint density at radius 2 is 1.38 bits per heavy atom. The van der Waals surface area contributed by atoms with E-state index in [-0.39, 0.29) is 11.8 Å². The van der Waals surface area contributed by atoms with Crippen molar-refractivity contribution in [1.29, 1.82) is 0 Å². The lowest BCUT2D eigenvalue weighted by Gasteiger charge is -2.32. The van der Waals surface area contributed by atoms with Gasteiger partial charge in [0.15, 0.2) is 9.93 Å². The molecule has 1 nitrogen and oxygen atoms in total. The van der Waals surface area contributed by atoms with Crippen LogP contribution in [0.3, 0.4) is 0 Å². The topological polar surface area (TPSA) is 9.23 Å². The van der Waals surface area contributed by atoms with Crippen molar-refractivity contribution in [2.24, 2.45) is 5.92 Å². The fourth-order valence-electron chi connectivity index (χ4n) is 4.56. The highest BCUT2D eigenvalue weighted by Gasteiger charge is 2.83. The summed E-state index contributed by atoms with van der Waals surface area (Å²) in [7, 11) is 0. The van der Waals surface area contributed by atoms with Crippen molar-refractivity contribution >= 4 is 23.2 Å². The van der Waals surface area contributed by atoms with Gasteiger partial charge in [-0.25, -0.2) is 0 Å². The molecule has 0 amide bonds. The molecule has 1 fully saturated rings. The molecule has 0 spiro atoms. The number of hydrogen-bond acceptors (Lipinski definition) is 1. The van der Waals surface area contributed by atoms with Crippen LogP contribution in [0.4, 0.5) is 0 Å². The van der Waals surface area contributed by atoms with Gasteiger partial charge in [0.05, 0.1) is 5.92 Å². The van der Waals surface area contributed by atoms with E-state index in [0.29, 0.717) is 0 Å². The number of fused-ring (bicyclic) bond motifs is 2. The summed E-state index contributed by atoms with van der Waals surface area (Å²) in [6.45, 7) is 2.14. The van der Waals surface area contributed by atoms with E-state index in [2.05, 4.69) is 55.5 Å². The van der Waals surface area contributed by atoms with Crippen molar-refractivity contribution in [2.45, 2.75) is 22.8 Å². The number of hydrogen-bond donors (Lipinski definition) is 0. The van der Waals surface area contributed by atoms with Crippen LogP contribution in [0.15, 0.2) is 78.9 Å². The van der Waals surface area contributed by atoms with Crippen LogP contribution in [0.25, 0.3) is 0 Å². The van der Waals surface area contributed by atoms with Crippen LogP contribution in [-0.2, 0) is 5.60 Å². The molecular weight excluding hydrogens is 363 g/mol. The Morgan fingerprint density at radius 3 is 2.12 bits per heavy atom. The zero-order valence-electron chi connectivity index (χ0n) is 14.3. The lowest BCUT2D eigenvalue weighted by atomic mass is 9.80. The van der Waals surface area contributed by atoms with Gasteiger partial charge in [-0.05, 0) is 29.7 Å². The first-order chi connectivity index (χ1) is 12.6. The molecule has 130 valence electrons. The van der Waals surface area contributed by atoms with Crippen LogP contribution in [0.5, 0.6) is 5.75 Å². The van der Waals surface area contributed by atoms with Gasteiger partial charge in [0.25, 0.3) is 0 Å². The summed E-state index contributed by atoms with van der Waals surface area (Å²) in [4.78, 5) is 0. The first-order valence-electron chi connectivity index (χ1n) is 8.84. The Hall–Kier alpha value is -1.96. The van der Waals surface area contributed by atoms with Crippen molar-refractivity contribution in [2.75, 3.05) is 0 Å². The third kappa shape index (κ3) is 1.99. The normalized spacial score (nSPS) is 27.8. The summed E-state index contributed by atoms with van der Waals surface area (Å²) in [5.41, 5.74) is 3.96. The van der Waals surface area contributed by atoms with Crippen LogP contribution in [0, 0.1) is 12.8 Å². The SMILES string of the molecule is Cc1ccccc1[C@H]1c2ccccc2O[C@@]2(c3ccccc3)[C@@H]1C2(Cl)Cl. The number of para-hydroxylation sites is 1. The molecule has 26 heavy (non-hydrogen) atoms. The number of aryl methyl sites for hydroxylation is 1. The van der Waals surface area contributed by atoms with Gasteiger partial charge in [-0.2, -0.15) is 0 Å². The minimum atomic E-state index is -0.986. The standard InChI is InChI=1S/C23H18Cl2O/c1-15-9-5-6-12-17(15)20-18-13-7-8-14-19(18)26-22(21(20)23(22,24)25)16-10-3-2-4-11-16/h2-14,20-21H,1H3/t20-,21+,22-/m0/s1. The third-order valence-corrected chi connectivity index (χ3v) is 6.86. The molecule has 0 aromatic heterocycles. The molecule has 3 aromatic rings. The van der Waals surface area contributed by atoms with Gasteiger partial charge >= 0.3 is 0 Å². The van der Waals surface area contributed by atoms with Crippen molar-refractivity contribution in [3.8, 4) is 5.75 Å². The summed E-state index contributed by atoms with van der Waals surface area (Å²) < 4.78 is 5.54. The second-order valence-electron chi connectivity index (χ2n) is 7.18. The van der Waals surface area contributed by atoms with Crippen LogP contribution in [0.1, 0.15) is 28.2 Å². The first kappa shape index (κ1) is 16.2. The summed E-state index contributed by atoms with van der Waals surface area (Å²) in [5.74, 6) is 0.914. The van der Waals surface area contributed by atoms with Crippen LogP contribution < -0.4 is 4.74 Å². The summed E-state index contributed by atoms with van der Waals surface area (Å²) in [6, 6.07) is 26.8. The fraction of sp³-hybridized carbons (Fsp3) is 0.217. The summed E-state index contributed by atoms with van der Waals surface area (Å²) in [5, 5.41) is 0. The molecule has 1 aliphatic carbocycles. The maximum Gasteiger partial charge on any atom is 0.174 e. The zero-order chi connectivity index (χ0) is 17.9. The van der Waals surface area contributed by atoms with E-state index >= 15 is 0 Å². The van der Waals surface area contributed by atoms with Crippen molar-refractivity contribution < 1.29 is 4.74 Å². The molecule has 1 saturated carbocycles. The smallest absolute Gasteiger partial charge is 0.174 e. The minimum Gasteiger partial charge on any atom is -0.479 e. The fourth-order valence-corrected chi connectivity index (χ4v) is 5.55. The van der Waals surface area contributed by atoms with Crippen LogP contribution in [0.2, 0.25) is 0 Å². The molecule has 1 heterocycles. The summed E-state index contributed by atoms with van der Waals surface area (Å²) in [6.07, 6.45) is 0. The Bertz CT molecular complexity index is 982. The largest absolute Gasteiger partial charge is 0.479 e. The van der Waals surface area contributed by atoms with Crippen molar-refractivity contribution in [1.82, 2.24) is 0 Å². The van der Waals surface area contributed by atoms with E-state index in [1.807, 2.05) is 30.3 Å². The maximum atomic E-state index is 6.93. The number of benzene rings is 3. The average Bonchev–Trinajstić information content (AvgIpc) is 3.17. The minimum absolute atomic E-state index is 0.0447. The second kappa shape index (κ2) is 5.52. The van der Waals surface area contributed by atoms with E-state index in [4.69, 9.17) is 27.9 Å². The maximum absolute atomic E-state index is 6.93. The average molecular weight is 381 g/mol. The molecule has 5 rings (SSSR count). The van der Waals surface area contributed by atoms with Gasteiger partial charge in [-0.1, -0.05) is 96.0 Å². The lowest BCUT2D eigenvalue weighted by molar-refractivity contribution is 0.137. The highest BCUT2D eigenvalue weighted by atomic mass is 35.5. The van der Waals surface area contributed by atoms with Crippen LogP contribution in [-0.4, -0.2) is 4.33 Å². The van der Waals surface area contributed by atoms with E-state index in [1.54, 1.807) is 0 Å². The third-order valence-electron chi connectivity index (χ3n) is 5.82. The Labute approximate surface area is 163 Å². The molecule has 0 radical (unpaired) electrons. The first-order valence-corrected chi connectivity index (χ1v) is 9.60. The molecule has 3 atom stereocenters. The molecule has 0 bridgehead atoms. The van der Waals surface area contributed by atoms with Gasteiger partial charge in [-0.3, -0.25) is 0 Å².